The third kappa shape index (κ3) is 6.97. The van der Waals surface area contributed by atoms with Crippen LogP contribution in [0.2, 0.25) is 0 Å². The first-order valence-electron chi connectivity index (χ1n) is 14.4. The van der Waals surface area contributed by atoms with Gasteiger partial charge < -0.3 is 19.5 Å². The molecule has 0 aliphatic carbocycles. The lowest BCUT2D eigenvalue weighted by Crippen LogP contribution is -2.32. The highest BCUT2D eigenvalue weighted by atomic mass is 16.5. The van der Waals surface area contributed by atoms with E-state index < -0.39 is 17.9 Å². The molecular weight excluding hydrogens is 542 g/mol. The number of ether oxygens (including phenoxy) is 3. The summed E-state index contributed by atoms with van der Waals surface area (Å²) in [6, 6.07) is 15.6. The molecule has 0 bridgehead atoms. The third-order valence-electron chi connectivity index (χ3n) is 7.14. The molecule has 0 saturated carbocycles. The lowest BCUT2D eigenvalue weighted by Gasteiger charge is -2.30. The van der Waals surface area contributed by atoms with Gasteiger partial charge in [-0.3, -0.25) is 0 Å². The highest BCUT2D eigenvalue weighted by Crippen LogP contribution is 2.43. The highest BCUT2D eigenvalue weighted by molar-refractivity contribution is 6.00. The number of aryl methyl sites for hydroxylation is 1. The standard InChI is InChI=1S/C35H39N3O5/c1-7-10-20-41-29-17-16-26(21-23(29)4)33-28(22-38(37-33)27-14-12-11-13-15-27)32-30(34(39)42-18-8-2)24(5)36-25(6)31(32)35(40)43-19-9-3/h8-9,11-17,21-22,32,36H,2-3,7,10,18-20H2,1,4-6H3. The summed E-state index contributed by atoms with van der Waals surface area (Å²) in [5, 5.41) is 8.20. The Morgan fingerprint density at radius 1 is 0.953 bits per heavy atom. The van der Waals surface area contributed by atoms with Crippen molar-refractivity contribution >= 4 is 11.9 Å². The number of esters is 2. The molecule has 1 aliphatic rings. The van der Waals surface area contributed by atoms with Crippen molar-refractivity contribution in [1.29, 1.82) is 0 Å². The van der Waals surface area contributed by atoms with E-state index in [2.05, 4.69) is 25.4 Å². The first-order chi connectivity index (χ1) is 20.8. The van der Waals surface area contributed by atoms with Gasteiger partial charge in [0.05, 0.1) is 35.1 Å². The van der Waals surface area contributed by atoms with Gasteiger partial charge in [-0.25, -0.2) is 14.3 Å². The summed E-state index contributed by atoms with van der Waals surface area (Å²) in [5.74, 6) is -1.16. The Labute approximate surface area is 253 Å². The number of nitrogens with one attached hydrogen (secondary N) is 1. The zero-order valence-corrected chi connectivity index (χ0v) is 25.3. The quantitative estimate of drug-likeness (QED) is 0.136. The molecule has 2 aromatic carbocycles. The van der Waals surface area contributed by atoms with Crippen LogP contribution in [0.25, 0.3) is 16.9 Å². The fraction of sp³-hybridized carbons (Fsp3) is 0.286. The summed E-state index contributed by atoms with van der Waals surface area (Å²) in [4.78, 5) is 27.2. The van der Waals surface area contributed by atoms with E-state index in [0.29, 0.717) is 40.4 Å². The molecule has 3 aromatic rings. The third-order valence-corrected chi connectivity index (χ3v) is 7.14. The van der Waals surface area contributed by atoms with Gasteiger partial charge >= 0.3 is 11.9 Å². The molecule has 0 fully saturated rings. The van der Waals surface area contributed by atoms with Gasteiger partial charge in [0.2, 0.25) is 0 Å². The number of allylic oxidation sites excluding steroid dienone is 2. The molecule has 0 saturated heterocycles. The van der Waals surface area contributed by atoms with E-state index in [0.717, 1.165) is 35.4 Å². The average molecular weight is 582 g/mol. The van der Waals surface area contributed by atoms with Gasteiger partial charge in [-0.2, -0.15) is 5.10 Å². The molecule has 0 amide bonds. The minimum Gasteiger partial charge on any atom is -0.493 e. The van der Waals surface area contributed by atoms with Gasteiger partial charge in [0.1, 0.15) is 19.0 Å². The summed E-state index contributed by atoms with van der Waals surface area (Å²) >= 11 is 0. The zero-order chi connectivity index (χ0) is 30.9. The van der Waals surface area contributed by atoms with E-state index >= 15 is 0 Å². The van der Waals surface area contributed by atoms with Crippen LogP contribution in [0.4, 0.5) is 0 Å². The first-order valence-corrected chi connectivity index (χ1v) is 14.4. The van der Waals surface area contributed by atoms with Crippen LogP contribution in [0.1, 0.15) is 50.7 Å². The molecule has 1 aliphatic heterocycles. The molecule has 2 heterocycles. The van der Waals surface area contributed by atoms with E-state index in [4.69, 9.17) is 19.3 Å². The van der Waals surface area contributed by atoms with E-state index in [1.165, 1.54) is 12.2 Å². The summed E-state index contributed by atoms with van der Waals surface area (Å²) in [5.41, 5.74) is 5.60. The van der Waals surface area contributed by atoms with Crippen molar-refractivity contribution < 1.29 is 23.8 Å². The number of carbonyl (C=O) groups is 2. The number of hydrogen-bond donors (Lipinski definition) is 1. The van der Waals surface area contributed by atoms with Crippen molar-refractivity contribution in [2.24, 2.45) is 0 Å². The average Bonchev–Trinajstić information content (AvgIpc) is 3.45. The monoisotopic (exact) mass is 581 g/mol. The first kappa shape index (κ1) is 31.1. The van der Waals surface area contributed by atoms with Crippen LogP contribution in [0.15, 0.2) is 103 Å². The van der Waals surface area contributed by atoms with Crippen LogP contribution >= 0.6 is 0 Å². The Morgan fingerprint density at radius 3 is 2.14 bits per heavy atom. The topological polar surface area (TPSA) is 91.7 Å². The van der Waals surface area contributed by atoms with E-state index in [1.807, 2.05) is 61.7 Å². The Hall–Kier alpha value is -4.85. The summed E-state index contributed by atoms with van der Waals surface area (Å²) < 4.78 is 18.8. The number of para-hydroxylation sites is 1. The van der Waals surface area contributed by atoms with Gasteiger partial charge in [0.25, 0.3) is 0 Å². The molecule has 8 nitrogen and oxygen atoms in total. The van der Waals surface area contributed by atoms with Crippen LogP contribution in [0, 0.1) is 6.92 Å². The summed E-state index contributed by atoms with van der Waals surface area (Å²) in [6.45, 7) is 15.7. The minimum atomic E-state index is -0.830. The van der Waals surface area contributed by atoms with Gasteiger partial charge in [-0.05, 0) is 63.1 Å². The van der Waals surface area contributed by atoms with Crippen LogP contribution in [-0.4, -0.2) is 41.5 Å². The number of dihydropyridines is 1. The second-order valence-corrected chi connectivity index (χ2v) is 10.3. The van der Waals surface area contributed by atoms with Crippen molar-refractivity contribution in [3.8, 4) is 22.7 Å². The van der Waals surface area contributed by atoms with Gasteiger partial charge in [-0.15, -0.1) is 0 Å². The molecule has 1 aromatic heterocycles. The van der Waals surface area contributed by atoms with Crippen molar-refractivity contribution in [3.05, 3.63) is 114 Å². The Morgan fingerprint density at radius 2 is 1.58 bits per heavy atom. The number of carbonyl (C=O) groups excluding carboxylic acids is 2. The molecule has 224 valence electrons. The summed E-state index contributed by atoms with van der Waals surface area (Å²) in [6.07, 6.45) is 6.89. The van der Waals surface area contributed by atoms with E-state index in [-0.39, 0.29) is 13.2 Å². The number of hydrogen-bond acceptors (Lipinski definition) is 7. The molecule has 0 radical (unpaired) electrons. The van der Waals surface area contributed by atoms with Crippen molar-refractivity contribution in [3.63, 3.8) is 0 Å². The maximum absolute atomic E-state index is 13.6. The minimum absolute atomic E-state index is 0.0239. The molecular formula is C35H39N3O5. The smallest absolute Gasteiger partial charge is 0.337 e. The summed E-state index contributed by atoms with van der Waals surface area (Å²) in [7, 11) is 0. The number of nitrogens with zero attached hydrogens (tertiary/aromatic N) is 2. The predicted octanol–water partition coefficient (Wildman–Crippen LogP) is 6.72. The van der Waals surface area contributed by atoms with Gasteiger partial charge in [0, 0.05) is 28.7 Å². The maximum Gasteiger partial charge on any atom is 0.337 e. The number of unbranched alkanes of at least 4 members (excludes halogenated alkanes) is 1. The predicted molar refractivity (Wildman–Crippen MR) is 168 cm³/mol. The number of aromatic nitrogens is 2. The SMILES string of the molecule is C=CCOC(=O)C1=C(C)NC(C)=C(C(=O)OCC=C)C1c1cn(-c2ccccc2)nc1-c1ccc(OCCCC)c(C)c1. The zero-order valence-electron chi connectivity index (χ0n) is 25.3. The fourth-order valence-electron chi connectivity index (χ4n) is 5.09. The number of rotatable bonds is 13. The highest BCUT2D eigenvalue weighted by Gasteiger charge is 2.40. The maximum atomic E-state index is 13.6. The normalized spacial score (nSPS) is 13.4. The molecule has 43 heavy (non-hydrogen) atoms. The molecule has 1 N–H and O–H groups in total. The van der Waals surface area contributed by atoms with E-state index in [9.17, 15) is 9.59 Å². The Kier molecular flexibility index (Phi) is 10.4. The molecule has 8 heteroatoms. The van der Waals surface area contributed by atoms with Gasteiger partial charge in [0.15, 0.2) is 0 Å². The van der Waals surface area contributed by atoms with Crippen molar-refractivity contribution in [2.75, 3.05) is 19.8 Å². The fourth-order valence-corrected chi connectivity index (χ4v) is 5.09. The van der Waals surface area contributed by atoms with Crippen LogP contribution in [0.5, 0.6) is 5.75 Å². The molecule has 0 unspecified atom stereocenters. The lowest BCUT2D eigenvalue weighted by atomic mass is 9.79. The van der Waals surface area contributed by atoms with E-state index in [1.54, 1.807) is 18.5 Å². The van der Waals surface area contributed by atoms with Gasteiger partial charge in [-0.1, -0.05) is 56.9 Å². The van der Waals surface area contributed by atoms with Crippen molar-refractivity contribution in [1.82, 2.24) is 15.1 Å². The van der Waals surface area contributed by atoms with Crippen LogP contribution < -0.4 is 10.1 Å². The Bertz CT molecular complexity index is 1520. The number of benzene rings is 2. The Balaban J connectivity index is 1.95. The molecule has 4 rings (SSSR count). The largest absolute Gasteiger partial charge is 0.493 e. The second-order valence-electron chi connectivity index (χ2n) is 10.3. The second kappa shape index (κ2) is 14.4. The van der Waals surface area contributed by atoms with Crippen molar-refractivity contribution in [2.45, 2.75) is 46.5 Å². The lowest BCUT2D eigenvalue weighted by molar-refractivity contribution is -0.138. The van der Waals surface area contributed by atoms with Crippen LogP contribution in [0.3, 0.4) is 0 Å². The molecule has 0 atom stereocenters. The molecule has 0 spiro atoms. The van der Waals surface area contributed by atoms with Crippen LogP contribution in [-0.2, 0) is 19.1 Å².